The first-order valence-corrected chi connectivity index (χ1v) is 5.03. The molecule has 0 saturated carbocycles. The van der Waals surface area contributed by atoms with Crippen LogP contribution in [-0.4, -0.2) is 26.1 Å². The summed E-state index contributed by atoms with van der Waals surface area (Å²) in [4.78, 5) is 10.8. The molecule has 0 bridgehead atoms. The first-order valence-electron chi connectivity index (χ1n) is 5.03. The molecule has 2 aromatic rings. The molecular formula is C11H12N4O2. The summed E-state index contributed by atoms with van der Waals surface area (Å²) in [5.41, 5.74) is 8.27. The van der Waals surface area contributed by atoms with E-state index in [2.05, 4.69) is 10.3 Å². The molecule has 0 saturated heterocycles. The Morgan fingerprint density at radius 1 is 1.41 bits per heavy atom. The third-order valence-electron chi connectivity index (χ3n) is 2.49. The molecule has 0 radical (unpaired) electrons. The Hall–Kier alpha value is -2.37. The van der Waals surface area contributed by atoms with Gasteiger partial charge in [-0.1, -0.05) is 22.9 Å². The van der Waals surface area contributed by atoms with Gasteiger partial charge in [0.2, 0.25) is 5.69 Å². The van der Waals surface area contributed by atoms with Gasteiger partial charge in [0.15, 0.2) is 5.82 Å². The standard InChI is InChI=1S/C11H12N4O2/c1-6-3-4-8(7(2)5-6)15-10(12)9(11(16)17)13-14-15/h3-5H,12H2,1-2H3,(H,16,17). The summed E-state index contributed by atoms with van der Waals surface area (Å²) in [5.74, 6) is -1.15. The smallest absolute Gasteiger partial charge is 0.360 e. The Labute approximate surface area is 97.7 Å². The second-order valence-corrected chi connectivity index (χ2v) is 3.83. The molecule has 0 unspecified atom stereocenters. The number of hydrogen-bond donors (Lipinski definition) is 2. The van der Waals surface area contributed by atoms with Gasteiger partial charge in [0.1, 0.15) is 0 Å². The first kappa shape index (κ1) is 11.1. The SMILES string of the molecule is Cc1ccc(-n2nnc(C(=O)O)c2N)c(C)c1. The number of carbonyl (C=O) groups is 1. The van der Waals surface area contributed by atoms with E-state index in [1.165, 1.54) is 4.68 Å². The molecule has 1 aromatic carbocycles. The van der Waals surface area contributed by atoms with E-state index in [-0.39, 0.29) is 11.5 Å². The van der Waals surface area contributed by atoms with Crippen LogP contribution in [0.3, 0.4) is 0 Å². The van der Waals surface area contributed by atoms with Crippen molar-refractivity contribution in [1.82, 2.24) is 15.0 Å². The molecule has 0 amide bonds. The lowest BCUT2D eigenvalue weighted by Crippen LogP contribution is -2.07. The Morgan fingerprint density at radius 2 is 2.12 bits per heavy atom. The van der Waals surface area contributed by atoms with Gasteiger partial charge in [0.25, 0.3) is 0 Å². The second kappa shape index (κ2) is 3.89. The van der Waals surface area contributed by atoms with Crippen LogP contribution in [-0.2, 0) is 0 Å². The molecule has 3 N–H and O–H groups in total. The average molecular weight is 232 g/mol. The van der Waals surface area contributed by atoms with Crippen molar-refractivity contribution < 1.29 is 9.90 Å². The van der Waals surface area contributed by atoms with Crippen molar-refractivity contribution in [3.8, 4) is 5.69 Å². The van der Waals surface area contributed by atoms with Gasteiger partial charge in [-0.2, -0.15) is 4.68 Å². The Bertz CT molecular complexity index is 589. The lowest BCUT2D eigenvalue weighted by atomic mass is 10.1. The highest BCUT2D eigenvalue weighted by atomic mass is 16.4. The van der Waals surface area contributed by atoms with Crippen molar-refractivity contribution in [2.24, 2.45) is 0 Å². The molecular weight excluding hydrogens is 220 g/mol. The van der Waals surface area contributed by atoms with Crippen molar-refractivity contribution in [3.63, 3.8) is 0 Å². The van der Waals surface area contributed by atoms with Gasteiger partial charge in [0, 0.05) is 0 Å². The van der Waals surface area contributed by atoms with E-state index in [0.717, 1.165) is 16.8 Å². The number of anilines is 1. The molecule has 1 aromatic heterocycles. The van der Waals surface area contributed by atoms with Gasteiger partial charge in [-0.05, 0) is 25.5 Å². The molecule has 0 atom stereocenters. The molecule has 1 heterocycles. The third-order valence-corrected chi connectivity index (χ3v) is 2.49. The van der Waals surface area contributed by atoms with Gasteiger partial charge in [0.05, 0.1) is 5.69 Å². The van der Waals surface area contributed by atoms with Crippen LogP contribution in [0.25, 0.3) is 5.69 Å². The minimum Gasteiger partial charge on any atom is -0.476 e. The maximum atomic E-state index is 10.8. The van der Waals surface area contributed by atoms with Crippen molar-refractivity contribution in [2.45, 2.75) is 13.8 Å². The first-order chi connectivity index (χ1) is 8.00. The summed E-state index contributed by atoms with van der Waals surface area (Å²) in [6.07, 6.45) is 0. The largest absolute Gasteiger partial charge is 0.476 e. The van der Waals surface area contributed by atoms with Crippen LogP contribution in [0.15, 0.2) is 18.2 Å². The molecule has 0 aliphatic carbocycles. The highest BCUT2D eigenvalue weighted by Crippen LogP contribution is 2.19. The van der Waals surface area contributed by atoms with Crippen LogP contribution in [0.4, 0.5) is 5.82 Å². The molecule has 0 aliphatic rings. The number of nitrogen functional groups attached to an aromatic ring is 1. The maximum Gasteiger partial charge on any atom is 0.360 e. The number of rotatable bonds is 2. The van der Waals surface area contributed by atoms with E-state index in [1.807, 2.05) is 32.0 Å². The topological polar surface area (TPSA) is 94.0 Å². The zero-order valence-electron chi connectivity index (χ0n) is 9.51. The summed E-state index contributed by atoms with van der Waals surface area (Å²) in [7, 11) is 0. The van der Waals surface area contributed by atoms with E-state index in [0.29, 0.717) is 0 Å². The number of hydrogen-bond acceptors (Lipinski definition) is 4. The predicted octanol–water partition coefficient (Wildman–Crippen LogP) is 1.16. The van der Waals surface area contributed by atoms with Gasteiger partial charge >= 0.3 is 5.97 Å². The Morgan fingerprint density at radius 3 is 2.65 bits per heavy atom. The van der Waals surface area contributed by atoms with E-state index < -0.39 is 5.97 Å². The molecule has 0 aliphatic heterocycles. The normalized spacial score (nSPS) is 10.5. The number of aromatic carboxylic acids is 1. The molecule has 0 spiro atoms. The number of benzene rings is 1. The van der Waals surface area contributed by atoms with Crippen molar-refractivity contribution in [1.29, 1.82) is 0 Å². The van der Waals surface area contributed by atoms with Crippen LogP contribution in [0.1, 0.15) is 21.6 Å². The monoisotopic (exact) mass is 232 g/mol. The minimum atomic E-state index is -1.18. The van der Waals surface area contributed by atoms with Gasteiger partial charge < -0.3 is 10.8 Å². The Kier molecular flexibility index (Phi) is 2.55. The summed E-state index contributed by atoms with van der Waals surface area (Å²) in [6.45, 7) is 3.88. The third kappa shape index (κ3) is 1.84. The highest BCUT2D eigenvalue weighted by Gasteiger charge is 2.17. The molecule has 17 heavy (non-hydrogen) atoms. The van der Waals surface area contributed by atoms with E-state index in [1.54, 1.807) is 0 Å². The molecule has 88 valence electrons. The fourth-order valence-corrected chi connectivity index (χ4v) is 1.66. The zero-order chi connectivity index (χ0) is 12.6. The van der Waals surface area contributed by atoms with Crippen LogP contribution >= 0.6 is 0 Å². The average Bonchev–Trinajstić information content (AvgIpc) is 2.60. The second-order valence-electron chi connectivity index (χ2n) is 3.83. The number of aromatic nitrogens is 3. The van der Waals surface area contributed by atoms with E-state index in [4.69, 9.17) is 10.8 Å². The van der Waals surface area contributed by atoms with Crippen LogP contribution in [0.5, 0.6) is 0 Å². The van der Waals surface area contributed by atoms with Crippen molar-refractivity contribution in [2.75, 3.05) is 5.73 Å². The highest BCUT2D eigenvalue weighted by molar-refractivity contribution is 5.90. The summed E-state index contributed by atoms with van der Waals surface area (Å²) in [6, 6.07) is 5.71. The van der Waals surface area contributed by atoms with Crippen molar-refractivity contribution >= 4 is 11.8 Å². The van der Waals surface area contributed by atoms with Crippen molar-refractivity contribution in [3.05, 3.63) is 35.0 Å². The van der Waals surface area contributed by atoms with Crippen LogP contribution in [0, 0.1) is 13.8 Å². The quantitative estimate of drug-likeness (QED) is 0.810. The number of nitrogens with two attached hydrogens (primary N) is 1. The number of aryl methyl sites for hydroxylation is 2. The zero-order valence-corrected chi connectivity index (χ0v) is 9.51. The molecule has 0 fully saturated rings. The fourth-order valence-electron chi connectivity index (χ4n) is 1.66. The van der Waals surface area contributed by atoms with Gasteiger partial charge in [-0.15, -0.1) is 5.10 Å². The summed E-state index contributed by atoms with van der Waals surface area (Å²) >= 11 is 0. The molecule has 6 nitrogen and oxygen atoms in total. The number of nitrogens with zero attached hydrogens (tertiary/aromatic N) is 3. The van der Waals surface area contributed by atoms with Crippen LogP contribution < -0.4 is 5.73 Å². The summed E-state index contributed by atoms with van der Waals surface area (Å²) in [5, 5.41) is 16.1. The number of carboxylic acids is 1. The molecule has 2 rings (SSSR count). The summed E-state index contributed by atoms with van der Waals surface area (Å²) < 4.78 is 1.33. The molecule has 6 heteroatoms. The number of carboxylic acid groups (broad SMARTS) is 1. The van der Waals surface area contributed by atoms with E-state index >= 15 is 0 Å². The maximum absolute atomic E-state index is 10.8. The lowest BCUT2D eigenvalue weighted by molar-refractivity contribution is 0.0691. The minimum absolute atomic E-state index is 0.0319. The van der Waals surface area contributed by atoms with Crippen LogP contribution in [0.2, 0.25) is 0 Å². The Balaban J connectivity index is 2.57. The van der Waals surface area contributed by atoms with E-state index in [9.17, 15) is 4.79 Å². The lowest BCUT2D eigenvalue weighted by Gasteiger charge is -2.07. The van der Waals surface area contributed by atoms with Gasteiger partial charge in [-0.25, -0.2) is 4.79 Å². The van der Waals surface area contributed by atoms with Gasteiger partial charge in [-0.3, -0.25) is 0 Å². The predicted molar refractivity (Wildman–Crippen MR) is 62.2 cm³/mol. The fraction of sp³-hybridized carbons (Fsp3) is 0.182.